The summed E-state index contributed by atoms with van der Waals surface area (Å²) in [6.45, 7) is 2.24. The van der Waals surface area contributed by atoms with Gasteiger partial charge in [-0.1, -0.05) is 74.6 Å². The van der Waals surface area contributed by atoms with Crippen LogP contribution < -0.4 is 0 Å². The fourth-order valence-electron chi connectivity index (χ4n) is 2.40. The zero-order valence-electron chi connectivity index (χ0n) is 11.5. The molecule has 0 aliphatic carbocycles. The Labute approximate surface area is 114 Å². The van der Waals surface area contributed by atoms with Crippen LogP contribution in [0.4, 0.5) is 0 Å². The first-order valence-electron chi connectivity index (χ1n) is 7.20. The van der Waals surface area contributed by atoms with Crippen molar-refractivity contribution >= 4 is 0 Å². The zero-order valence-corrected chi connectivity index (χ0v) is 11.5. The van der Waals surface area contributed by atoms with E-state index in [9.17, 15) is 0 Å². The number of tetrazole rings is 1. The molecule has 4 heteroatoms. The van der Waals surface area contributed by atoms with Crippen LogP contribution in [-0.2, 0) is 0 Å². The van der Waals surface area contributed by atoms with E-state index in [0.29, 0.717) is 0 Å². The molecule has 0 amide bonds. The highest BCUT2D eigenvalue weighted by Crippen LogP contribution is 2.27. The van der Waals surface area contributed by atoms with E-state index in [0.717, 1.165) is 12.2 Å². The van der Waals surface area contributed by atoms with Crippen molar-refractivity contribution in [3.63, 3.8) is 0 Å². The lowest BCUT2D eigenvalue weighted by Crippen LogP contribution is -2.04. The Morgan fingerprint density at radius 1 is 1.05 bits per heavy atom. The summed E-state index contributed by atoms with van der Waals surface area (Å²) in [4.78, 5) is 0. The maximum Gasteiger partial charge on any atom is 0.181 e. The number of aromatic nitrogens is 4. The van der Waals surface area contributed by atoms with Crippen molar-refractivity contribution in [2.45, 2.75) is 51.4 Å². The summed E-state index contributed by atoms with van der Waals surface area (Å²) in [5, 5.41) is 14.6. The molecule has 1 N–H and O–H groups in total. The van der Waals surface area contributed by atoms with E-state index in [1.807, 2.05) is 6.07 Å². The minimum atomic E-state index is 0.265. The van der Waals surface area contributed by atoms with E-state index >= 15 is 0 Å². The highest BCUT2D eigenvalue weighted by Gasteiger charge is 2.17. The molecule has 0 fully saturated rings. The molecule has 0 aliphatic heterocycles. The maximum atomic E-state index is 4.16. The molecule has 0 saturated heterocycles. The molecular formula is C15H22N4. The quantitative estimate of drug-likeness (QED) is 0.735. The molecule has 0 saturated carbocycles. The zero-order chi connectivity index (χ0) is 13.3. The molecular weight excluding hydrogens is 236 g/mol. The smallest absolute Gasteiger partial charge is 0.177 e. The van der Waals surface area contributed by atoms with Crippen LogP contribution in [0.1, 0.15) is 62.8 Å². The lowest BCUT2D eigenvalue weighted by atomic mass is 9.92. The van der Waals surface area contributed by atoms with E-state index in [2.05, 4.69) is 51.8 Å². The molecule has 0 bridgehead atoms. The van der Waals surface area contributed by atoms with E-state index in [1.165, 1.54) is 37.7 Å². The Morgan fingerprint density at radius 2 is 1.84 bits per heavy atom. The van der Waals surface area contributed by atoms with Crippen LogP contribution in [0.15, 0.2) is 30.3 Å². The summed E-state index contributed by atoms with van der Waals surface area (Å²) in [6.07, 6.45) is 7.53. The highest BCUT2D eigenvalue weighted by molar-refractivity contribution is 5.24. The highest BCUT2D eigenvalue weighted by atomic mass is 15.5. The number of nitrogens with zero attached hydrogens (tertiary/aromatic N) is 3. The van der Waals surface area contributed by atoms with Crippen molar-refractivity contribution in [1.29, 1.82) is 0 Å². The third-order valence-corrected chi connectivity index (χ3v) is 3.47. The number of H-pyrrole nitrogens is 1. The third kappa shape index (κ3) is 4.16. The van der Waals surface area contributed by atoms with Gasteiger partial charge in [0.25, 0.3) is 0 Å². The number of hydrogen-bond acceptors (Lipinski definition) is 3. The molecule has 0 aliphatic rings. The minimum absolute atomic E-state index is 0.265. The van der Waals surface area contributed by atoms with E-state index < -0.39 is 0 Å². The van der Waals surface area contributed by atoms with Crippen LogP contribution in [0, 0.1) is 0 Å². The van der Waals surface area contributed by atoms with Crippen molar-refractivity contribution in [2.75, 3.05) is 0 Å². The Bertz CT molecular complexity index is 438. The van der Waals surface area contributed by atoms with Crippen LogP contribution in [0.3, 0.4) is 0 Å². The molecule has 1 aromatic heterocycles. The second-order valence-electron chi connectivity index (χ2n) is 4.94. The van der Waals surface area contributed by atoms with E-state index in [1.54, 1.807) is 0 Å². The number of nitrogens with one attached hydrogen (secondary N) is 1. The van der Waals surface area contributed by atoms with Gasteiger partial charge in [0, 0.05) is 5.92 Å². The monoisotopic (exact) mass is 258 g/mol. The van der Waals surface area contributed by atoms with Crippen LogP contribution in [0.25, 0.3) is 0 Å². The molecule has 0 radical (unpaired) electrons. The molecule has 2 aromatic rings. The van der Waals surface area contributed by atoms with Crippen molar-refractivity contribution < 1.29 is 0 Å². The van der Waals surface area contributed by atoms with Crippen LogP contribution in [0.5, 0.6) is 0 Å². The average molecular weight is 258 g/mol. The summed E-state index contributed by atoms with van der Waals surface area (Å²) in [7, 11) is 0. The Balaban J connectivity index is 1.96. The molecule has 4 nitrogen and oxygen atoms in total. The third-order valence-electron chi connectivity index (χ3n) is 3.47. The first kappa shape index (κ1) is 13.7. The summed E-state index contributed by atoms with van der Waals surface area (Å²) in [5.41, 5.74) is 1.28. The van der Waals surface area contributed by atoms with Crippen LogP contribution >= 0.6 is 0 Å². The maximum absolute atomic E-state index is 4.16. The number of unbranched alkanes of at least 4 members (excludes halogenated alkanes) is 4. The summed E-state index contributed by atoms with van der Waals surface area (Å²) in [5.74, 6) is 1.07. The number of aromatic amines is 1. The molecule has 102 valence electrons. The fourth-order valence-corrected chi connectivity index (χ4v) is 2.40. The Kier molecular flexibility index (Phi) is 5.53. The lowest BCUT2D eigenvalue weighted by Gasteiger charge is -2.13. The molecule has 19 heavy (non-hydrogen) atoms. The van der Waals surface area contributed by atoms with Gasteiger partial charge < -0.3 is 0 Å². The second kappa shape index (κ2) is 7.67. The normalized spacial score (nSPS) is 12.5. The molecule has 0 spiro atoms. The molecule has 1 atom stereocenters. The summed E-state index contributed by atoms with van der Waals surface area (Å²) < 4.78 is 0. The fraction of sp³-hybridized carbons (Fsp3) is 0.533. The topological polar surface area (TPSA) is 54.5 Å². The predicted molar refractivity (Wildman–Crippen MR) is 75.8 cm³/mol. The van der Waals surface area contributed by atoms with Gasteiger partial charge in [-0.2, -0.15) is 5.21 Å². The van der Waals surface area contributed by atoms with E-state index in [4.69, 9.17) is 0 Å². The number of rotatable bonds is 8. The first-order valence-corrected chi connectivity index (χ1v) is 7.20. The molecule has 1 unspecified atom stereocenters. The molecule has 1 aromatic carbocycles. The number of hydrogen-bond donors (Lipinski definition) is 1. The standard InChI is InChI=1S/C15H22N4/c1-2-3-4-5-9-12-14(15-16-18-19-17-15)13-10-7-6-8-11-13/h6-8,10-11,14H,2-5,9,12H2,1H3,(H,16,17,18,19). The Morgan fingerprint density at radius 3 is 2.53 bits per heavy atom. The summed E-state index contributed by atoms with van der Waals surface area (Å²) in [6, 6.07) is 10.5. The van der Waals surface area contributed by atoms with Crippen LogP contribution in [0.2, 0.25) is 0 Å². The first-order chi connectivity index (χ1) is 9.42. The largest absolute Gasteiger partial charge is 0.181 e. The number of benzene rings is 1. The van der Waals surface area contributed by atoms with Gasteiger partial charge in [0.1, 0.15) is 0 Å². The second-order valence-corrected chi connectivity index (χ2v) is 4.94. The van der Waals surface area contributed by atoms with Gasteiger partial charge >= 0.3 is 0 Å². The SMILES string of the molecule is CCCCCCCC(c1ccccc1)c1nn[nH]n1. The van der Waals surface area contributed by atoms with Gasteiger partial charge in [0.15, 0.2) is 5.82 Å². The van der Waals surface area contributed by atoms with Crippen molar-refractivity contribution in [2.24, 2.45) is 0 Å². The van der Waals surface area contributed by atoms with Gasteiger partial charge in [-0.3, -0.25) is 0 Å². The van der Waals surface area contributed by atoms with Gasteiger partial charge in [-0.15, -0.1) is 10.2 Å². The van der Waals surface area contributed by atoms with Crippen molar-refractivity contribution in [1.82, 2.24) is 20.6 Å². The van der Waals surface area contributed by atoms with Crippen LogP contribution in [-0.4, -0.2) is 20.6 Å². The van der Waals surface area contributed by atoms with Crippen molar-refractivity contribution in [3.05, 3.63) is 41.7 Å². The average Bonchev–Trinajstić information content (AvgIpc) is 2.98. The minimum Gasteiger partial charge on any atom is -0.177 e. The van der Waals surface area contributed by atoms with Crippen molar-refractivity contribution in [3.8, 4) is 0 Å². The van der Waals surface area contributed by atoms with E-state index in [-0.39, 0.29) is 5.92 Å². The van der Waals surface area contributed by atoms with Gasteiger partial charge in [-0.05, 0) is 12.0 Å². The molecule has 2 rings (SSSR count). The van der Waals surface area contributed by atoms with Gasteiger partial charge in [0.05, 0.1) is 0 Å². The van der Waals surface area contributed by atoms with Gasteiger partial charge in [-0.25, -0.2) is 0 Å². The lowest BCUT2D eigenvalue weighted by molar-refractivity contribution is 0.568. The molecule has 1 heterocycles. The summed E-state index contributed by atoms with van der Waals surface area (Å²) >= 11 is 0. The van der Waals surface area contributed by atoms with Gasteiger partial charge in [0.2, 0.25) is 0 Å². The predicted octanol–water partition coefficient (Wildman–Crippen LogP) is 3.69. The Hall–Kier alpha value is -1.71.